The quantitative estimate of drug-likeness (QED) is 0.517. The third kappa shape index (κ3) is 3.11. The minimum atomic E-state index is -0.482. The molecule has 7 nitrogen and oxygen atoms in total. The number of carbonyl (C=O) groups is 1. The maximum atomic E-state index is 11.8. The number of ether oxygens (including phenoxy) is 1. The number of non-ortho nitro benzene ring substituents is 1. The van der Waals surface area contributed by atoms with Crippen LogP contribution in [0.2, 0.25) is 0 Å². The molecule has 1 aliphatic rings. The van der Waals surface area contributed by atoms with Crippen molar-refractivity contribution < 1.29 is 14.5 Å². The number of hydrogen-bond acceptors (Lipinski definition) is 5. The van der Waals surface area contributed by atoms with E-state index in [1.165, 1.54) is 23.2 Å². The molecule has 7 heteroatoms. The molecule has 1 radical (unpaired) electrons. The lowest BCUT2D eigenvalue weighted by molar-refractivity contribution is -0.384. The average Bonchev–Trinajstić information content (AvgIpc) is 2.93. The molecule has 0 saturated carbocycles. The van der Waals surface area contributed by atoms with Crippen molar-refractivity contribution in [1.82, 2.24) is 4.90 Å². The van der Waals surface area contributed by atoms with E-state index in [4.69, 9.17) is 10.1 Å². The highest BCUT2D eigenvalue weighted by molar-refractivity contribution is 5.76. The van der Waals surface area contributed by atoms with Crippen molar-refractivity contribution in [1.29, 1.82) is 5.41 Å². The van der Waals surface area contributed by atoms with Crippen LogP contribution in [0.1, 0.15) is 12.0 Å². The smallest absolute Gasteiger partial charge is 0.410 e. The largest absolute Gasteiger partial charge is 0.445 e. The normalized spacial score (nSPS) is 17.8. The minimum absolute atomic E-state index is 0.00177. The van der Waals surface area contributed by atoms with Gasteiger partial charge in [-0.15, -0.1) is 0 Å². The van der Waals surface area contributed by atoms with Crippen LogP contribution in [0.4, 0.5) is 10.5 Å². The van der Waals surface area contributed by atoms with Crippen LogP contribution in [0, 0.1) is 21.9 Å². The van der Waals surface area contributed by atoms with E-state index in [2.05, 4.69) is 0 Å². The summed E-state index contributed by atoms with van der Waals surface area (Å²) in [4.78, 5) is 23.3. The van der Waals surface area contributed by atoms with Crippen molar-refractivity contribution in [3.63, 3.8) is 0 Å². The van der Waals surface area contributed by atoms with Crippen LogP contribution >= 0.6 is 0 Å². The van der Waals surface area contributed by atoms with Gasteiger partial charge in [0.25, 0.3) is 5.69 Å². The molecule has 1 saturated heterocycles. The molecule has 20 heavy (non-hydrogen) atoms. The number of likely N-dealkylation sites (tertiary alicyclic amines) is 1. The Balaban J connectivity index is 1.90. The Morgan fingerprint density at radius 3 is 2.80 bits per heavy atom. The summed E-state index contributed by atoms with van der Waals surface area (Å²) in [6, 6.07) is 5.53. The zero-order valence-electron chi connectivity index (χ0n) is 10.7. The number of hydrogen-bond donors (Lipinski definition) is 1. The Kier molecular flexibility index (Phi) is 4.29. The van der Waals surface area contributed by atoms with Gasteiger partial charge in [0.05, 0.1) is 11.0 Å². The predicted octanol–water partition coefficient (Wildman–Crippen LogP) is 2.16. The molecule has 1 N–H and O–H groups in total. The molecule has 1 unspecified atom stereocenters. The first-order chi connectivity index (χ1) is 9.61. The zero-order chi connectivity index (χ0) is 14.5. The van der Waals surface area contributed by atoms with E-state index in [9.17, 15) is 14.9 Å². The van der Waals surface area contributed by atoms with Gasteiger partial charge in [-0.25, -0.2) is 4.79 Å². The molecule has 0 bridgehead atoms. The Bertz CT molecular complexity index is 515. The molecule has 0 aromatic heterocycles. The van der Waals surface area contributed by atoms with Crippen LogP contribution < -0.4 is 0 Å². The van der Waals surface area contributed by atoms with Crippen molar-refractivity contribution in [2.75, 3.05) is 6.54 Å². The van der Waals surface area contributed by atoms with Gasteiger partial charge in [-0.3, -0.25) is 15.0 Å². The maximum absolute atomic E-state index is 11.8. The standard InChI is InChI=1S/C13H14N3O4/c14-8-12-2-1-7-15(12)13(17)20-9-10-3-5-11(6-4-10)16(18)19/h2-6,8,12,14H,1,7,9H2. The third-order valence-electron chi connectivity index (χ3n) is 3.05. The van der Waals surface area contributed by atoms with Gasteiger partial charge in [-0.1, -0.05) is 0 Å². The molecule has 1 atom stereocenters. The lowest BCUT2D eigenvalue weighted by Gasteiger charge is -2.20. The number of amides is 1. The Morgan fingerprint density at radius 1 is 1.50 bits per heavy atom. The van der Waals surface area contributed by atoms with E-state index in [1.54, 1.807) is 12.1 Å². The molecule has 1 fully saturated rings. The fourth-order valence-corrected chi connectivity index (χ4v) is 1.97. The number of nitro groups is 1. The van der Waals surface area contributed by atoms with E-state index >= 15 is 0 Å². The highest BCUT2D eigenvalue weighted by Gasteiger charge is 2.28. The van der Waals surface area contributed by atoms with Gasteiger partial charge in [0.15, 0.2) is 0 Å². The van der Waals surface area contributed by atoms with Crippen LogP contribution in [0.5, 0.6) is 0 Å². The van der Waals surface area contributed by atoms with Crippen LogP contribution in [0.15, 0.2) is 24.3 Å². The molecule has 2 rings (SSSR count). The first kappa shape index (κ1) is 14.0. The number of nitrogens with one attached hydrogen (secondary N) is 1. The van der Waals surface area contributed by atoms with Gasteiger partial charge >= 0.3 is 6.09 Å². The number of carbonyl (C=O) groups excluding carboxylic acids is 1. The first-order valence-corrected chi connectivity index (χ1v) is 6.12. The lowest BCUT2D eigenvalue weighted by Crippen LogP contribution is -2.36. The molecule has 1 aliphatic heterocycles. The second-order valence-electron chi connectivity index (χ2n) is 4.35. The van der Waals surface area contributed by atoms with Gasteiger partial charge in [-0.05, 0) is 30.5 Å². The summed E-state index contributed by atoms with van der Waals surface area (Å²) in [6.07, 6.45) is 3.33. The van der Waals surface area contributed by atoms with Crippen molar-refractivity contribution in [2.45, 2.75) is 19.1 Å². The lowest BCUT2D eigenvalue weighted by atomic mass is 10.2. The topological polar surface area (TPSA) is 96.5 Å². The van der Waals surface area contributed by atoms with Crippen molar-refractivity contribution in [2.24, 2.45) is 0 Å². The molecule has 1 aromatic rings. The van der Waals surface area contributed by atoms with Crippen molar-refractivity contribution >= 4 is 18.0 Å². The van der Waals surface area contributed by atoms with E-state index in [0.717, 1.165) is 6.42 Å². The molecule has 0 spiro atoms. The van der Waals surface area contributed by atoms with Crippen molar-refractivity contribution in [3.8, 4) is 0 Å². The van der Waals surface area contributed by atoms with E-state index < -0.39 is 11.0 Å². The second kappa shape index (κ2) is 6.14. The van der Waals surface area contributed by atoms with E-state index in [1.807, 2.05) is 6.42 Å². The summed E-state index contributed by atoms with van der Waals surface area (Å²) in [6.45, 7) is 0.594. The number of nitro benzene ring substituents is 1. The number of benzene rings is 1. The van der Waals surface area contributed by atoms with Gasteiger partial charge < -0.3 is 10.1 Å². The average molecular weight is 276 g/mol. The summed E-state index contributed by atoms with van der Waals surface area (Å²) < 4.78 is 5.14. The Hall–Kier alpha value is -2.44. The highest BCUT2D eigenvalue weighted by atomic mass is 16.6. The van der Waals surface area contributed by atoms with E-state index in [0.29, 0.717) is 12.1 Å². The molecule has 1 aromatic carbocycles. The van der Waals surface area contributed by atoms with E-state index in [-0.39, 0.29) is 18.3 Å². The van der Waals surface area contributed by atoms with Gasteiger partial charge in [-0.2, -0.15) is 0 Å². The van der Waals surface area contributed by atoms with Crippen LogP contribution in [-0.4, -0.2) is 34.7 Å². The third-order valence-corrected chi connectivity index (χ3v) is 3.05. The second-order valence-corrected chi connectivity index (χ2v) is 4.35. The molecule has 0 aliphatic carbocycles. The highest BCUT2D eigenvalue weighted by Crippen LogP contribution is 2.17. The maximum Gasteiger partial charge on any atom is 0.410 e. The molecule has 1 amide bonds. The Morgan fingerprint density at radius 2 is 2.20 bits per heavy atom. The summed E-state index contributed by atoms with van der Waals surface area (Å²) in [5, 5.41) is 17.7. The van der Waals surface area contributed by atoms with Gasteiger partial charge in [0.2, 0.25) is 0 Å². The van der Waals surface area contributed by atoms with Crippen molar-refractivity contribution in [3.05, 3.63) is 46.4 Å². The molecular weight excluding hydrogens is 262 g/mol. The van der Waals surface area contributed by atoms with Gasteiger partial charge in [0, 0.05) is 24.9 Å². The zero-order valence-corrected chi connectivity index (χ0v) is 10.7. The minimum Gasteiger partial charge on any atom is -0.445 e. The number of nitrogens with zero attached hydrogens (tertiary/aromatic N) is 2. The molecule has 1 heterocycles. The summed E-state index contributed by atoms with van der Waals surface area (Å²) in [5.74, 6) is 0. The summed E-state index contributed by atoms with van der Waals surface area (Å²) >= 11 is 0. The predicted molar refractivity (Wildman–Crippen MR) is 71.5 cm³/mol. The molecular formula is C13H14N3O4. The fraction of sp³-hybridized carbons (Fsp3) is 0.308. The monoisotopic (exact) mass is 276 g/mol. The SMILES string of the molecule is N=CC1[CH]CCN1C(=O)OCc1ccc([N+](=O)[O-])cc1. The molecule has 105 valence electrons. The van der Waals surface area contributed by atoms with Gasteiger partial charge in [0.1, 0.15) is 6.61 Å². The summed E-state index contributed by atoms with van der Waals surface area (Å²) in [5.41, 5.74) is 0.677. The van der Waals surface area contributed by atoms with Crippen LogP contribution in [0.3, 0.4) is 0 Å². The first-order valence-electron chi connectivity index (χ1n) is 6.12. The van der Waals surface area contributed by atoms with Crippen LogP contribution in [0.25, 0.3) is 0 Å². The number of rotatable bonds is 4. The van der Waals surface area contributed by atoms with Crippen LogP contribution in [-0.2, 0) is 11.3 Å². The summed E-state index contributed by atoms with van der Waals surface area (Å²) in [7, 11) is 0. The Labute approximate surface area is 115 Å². The fourth-order valence-electron chi connectivity index (χ4n) is 1.97.